The molecule has 0 radical (unpaired) electrons. The van der Waals surface area contributed by atoms with Gasteiger partial charge in [0.1, 0.15) is 11.6 Å². The van der Waals surface area contributed by atoms with E-state index in [0.717, 1.165) is 18.2 Å². The van der Waals surface area contributed by atoms with Crippen LogP contribution in [0.5, 0.6) is 0 Å². The number of carbonyl (C=O) groups is 1. The third kappa shape index (κ3) is 3.48. The Morgan fingerprint density at radius 3 is 2.42 bits per heavy atom. The molecule has 0 aliphatic rings. The van der Waals surface area contributed by atoms with E-state index in [4.69, 9.17) is 5.11 Å². The molecule has 98 valence electrons. The van der Waals surface area contributed by atoms with E-state index in [1.807, 2.05) is 0 Å². The maximum absolute atomic E-state index is 12.9. The molecule has 0 spiro atoms. The number of pyridine rings is 1. The summed E-state index contributed by atoms with van der Waals surface area (Å²) in [7, 11) is 0. The van der Waals surface area contributed by atoms with Crippen LogP contribution >= 0.6 is 0 Å². The molecule has 0 atom stereocenters. The van der Waals surface area contributed by atoms with Crippen molar-refractivity contribution in [2.75, 3.05) is 5.32 Å². The molecule has 0 aliphatic carbocycles. The lowest BCUT2D eigenvalue weighted by molar-refractivity contribution is 0.0696. The maximum atomic E-state index is 12.9. The highest BCUT2D eigenvalue weighted by Gasteiger charge is 2.04. The molecule has 0 saturated carbocycles. The molecular weight excluding hydrogens is 254 g/mol. The summed E-state index contributed by atoms with van der Waals surface area (Å²) < 4.78 is 25.9. The molecular formula is C13H10F2N2O2. The topological polar surface area (TPSA) is 62.2 Å². The van der Waals surface area contributed by atoms with Crippen LogP contribution in [0.1, 0.15) is 16.1 Å². The minimum absolute atomic E-state index is 0.0838. The Morgan fingerprint density at radius 2 is 1.89 bits per heavy atom. The number of nitrogens with zero attached hydrogens (tertiary/aromatic N) is 1. The molecule has 19 heavy (non-hydrogen) atoms. The number of nitrogens with one attached hydrogen (secondary N) is 1. The van der Waals surface area contributed by atoms with Gasteiger partial charge < -0.3 is 10.4 Å². The Hall–Kier alpha value is -2.50. The maximum Gasteiger partial charge on any atom is 0.337 e. The fourth-order valence-electron chi connectivity index (χ4n) is 1.50. The first-order valence-electron chi connectivity index (χ1n) is 5.43. The number of anilines is 1. The van der Waals surface area contributed by atoms with E-state index in [0.29, 0.717) is 11.4 Å². The van der Waals surface area contributed by atoms with Gasteiger partial charge in [0.2, 0.25) is 0 Å². The van der Waals surface area contributed by atoms with E-state index in [2.05, 4.69) is 10.3 Å². The average Bonchev–Trinajstić information content (AvgIpc) is 2.36. The summed E-state index contributed by atoms with van der Waals surface area (Å²) in [5, 5.41) is 11.5. The lowest BCUT2D eigenvalue weighted by Crippen LogP contribution is -2.04. The van der Waals surface area contributed by atoms with Gasteiger partial charge in [0.25, 0.3) is 0 Å². The van der Waals surface area contributed by atoms with E-state index in [1.54, 1.807) is 0 Å². The van der Waals surface area contributed by atoms with Crippen LogP contribution in [0.3, 0.4) is 0 Å². The molecule has 0 bridgehead atoms. The zero-order valence-electron chi connectivity index (χ0n) is 9.73. The van der Waals surface area contributed by atoms with Crippen molar-refractivity contribution in [2.24, 2.45) is 0 Å². The molecule has 4 nitrogen and oxygen atoms in total. The molecule has 2 N–H and O–H groups in total. The summed E-state index contributed by atoms with van der Waals surface area (Å²) in [5.41, 5.74) is 0.942. The fraction of sp³-hybridized carbons (Fsp3) is 0.0769. The van der Waals surface area contributed by atoms with Gasteiger partial charge >= 0.3 is 5.97 Å². The van der Waals surface area contributed by atoms with Gasteiger partial charge in [-0.2, -0.15) is 0 Å². The average molecular weight is 264 g/mol. The van der Waals surface area contributed by atoms with Gasteiger partial charge in [-0.15, -0.1) is 0 Å². The van der Waals surface area contributed by atoms with Crippen LogP contribution in [0.4, 0.5) is 14.5 Å². The molecule has 2 aromatic rings. The van der Waals surface area contributed by atoms with Crippen molar-refractivity contribution >= 4 is 11.7 Å². The number of hydrogen-bond acceptors (Lipinski definition) is 3. The minimum Gasteiger partial charge on any atom is -0.478 e. The minimum atomic E-state index is -1.06. The number of hydrogen-bond donors (Lipinski definition) is 2. The summed E-state index contributed by atoms with van der Waals surface area (Å²) >= 11 is 0. The van der Waals surface area contributed by atoms with Crippen LogP contribution < -0.4 is 5.32 Å². The summed E-state index contributed by atoms with van der Waals surface area (Å²) in [6.45, 7) is 0.239. The van der Waals surface area contributed by atoms with E-state index < -0.39 is 17.6 Å². The van der Waals surface area contributed by atoms with Crippen LogP contribution in [0.15, 0.2) is 36.5 Å². The van der Waals surface area contributed by atoms with Crippen molar-refractivity contribution in [3.8, 4) is 0 Å². The highest BCUT2D eigenvalue weighted by atomic mass is 19.1. The monoisotopic (exact) mass is 264 g/mol. The molecule has 1 heterocycles. The standard InChI is InChI=1S/C13H10F2N2O2/c14-9-3-10(15)5-12(4-9)17-7-11-2-1-8(6-16-11)13(18)19/h1-6,17H,7H2,(H,18,19). The van der Waals surface area contributed by atoms with Crippen LogP contribution in [0, 0.1) is 11.6 Å². The summed E-state index contributed by atoms with van der Waals surface area (Å²) in [6, 6.07) is 6.05. The van der Waals surface area contributed by atoms with Crippen molar-refractivity contribution in [2.45, 2.75) is 6.54 Å². The third-order valence-electron chi connectivity index (χ3n) is 2.41. The predicted octanol–water partition coefficient (Wildman–Crippen LogP) is 2.67. The Kier molecular flexibility index (Phi) is 3.70. The Morgan fingerprint density at radius 1 is 1.21 bits per heavy atom. The second-order valence-corrected chi connectivity index (χ2v) is 3.86. The van der Waals surface area contributed by atoms with Gasteiger partial charge in [-0.05, 0) is 24.3 Å². The van der Waals surface area contributed by atoms with Crippen LogP contribution in [-0.4, -0.2) is 16.1 Å². The van der Waals surface area contributed by atoms with Crippen molar-refractivity contribution < 1.29 is 18.7 Å². The molecule has 0 amide bonds. The number of aromatic nitrogens is 1. The first-order valence-corrected chi connectivity index (χ1v) is 5.43. The van der Waals surface area contributed by atoms with Gasteiger partial charge in [-0.3, -0.25) is 4.98 Å². The largest absolute Gasteiger partial charge is 0.478 e. The normalized spacial score (nSPS) is 10.2. The Balaban J connectivity index is 2.03. The smallest absolute Gasteiger partial charge is 0.337 e. The van der Waals surface area contributed by atoms with Crippen LogP contribution in [-0.2, 0) is 6.54 Å². The zero-order chi connectivity index (χ0) is 13.8. The van der Waals surface area contributed by atoms with E-state index in [-0.39, 0.29) is 12.1 Å². The number of carboxylic acids is 1. The van der Waals surface area contributed by atoms with Gasteiger partial charge in [0.05, 0.1) is 17.8 Å². The Bertz CT molecular complexity index is 580. The second-order valence-electron chi connectivity index (χ2n) is 3.86. The first kappa shape index (κ1) is 12.9. The highest BCUT2D eigenvalue weighted by molar-refractivity contribution is 5.87. The number of carboxylic acid groups (broad SMARTS) is 1. The number of halogens is 2. The van der Waals surface area contributed by atoms with E-state index >= 15 is 0 Å². The van der Waals surface area contributed by atoms with Gasteiger partial charge in [-0.1, -0.05) is 0 Å². The quantitative estimate of drug-likeness (QED) is 0.891. The Labute approximate surface area is 107 Å². The molecule has 0 aliphatic heterocycles. The molecule has 0 saturated heterocycles. The van der Waals surface area contributed by atoms with Gasteiger partial charge in [-0.25, -0.2) is 13.6 Å². The van der Waals surface area contributed by atoms with Crippen molar-refractivity contribution in [1.29, 1.82) is 0 Å². The highest BCUT2D eigenvalue weighted by Crippen LogP contribution is 2.13. The molecule has 1 aromatic carbocycles. The molecule has 6 heteroatoms. The second kappa shape index (κ2) is 5.43. The van der Waals surface area contributed by atoms with Gasteiger partial charge in [0, 0.05) is 18.0 Å². The predicted molar refractivity (Wildman–Crippen MR) is 64.9 cm³/mol. The third-order valence-corrected chi connectivity index (χ3v) is 2.41. The van der Waals surface area contributed by atoms with E-state index in [1.165, 1.54) is 18.3 Å². The molecule has 1 aromatic heterocycles. The van der Waals surface area contributed by atoms with Gasteiger partial charge in [0.15, 0.2) is 0 Å². The fourth-order valence-corrected chi connectivity index (χ4v) is 1.50. The van der Waals surface area contributed by atoms with Crippen molar-refractivity contribution in [3.63, 3.8) is 0 Å². The number of rotatable bonds is 4. The molecule has 0 unspecified atom stereocenters. The zero-order valence-corrected chi connectivity index (χ0v) is 9.73. The van der Waals surface area contributed by atoms with Crippen molar-refractivity contribution in [3.05, 3.63) is 59.4 Å². The summed E-state index contributed by atoms with van der Waals surface area (Å²) in [4.78, 5) is 14.6. The molecule has 2 rings (SSSR count). The lowest BCUT2D eigenvalue weighted by Gasteiger charge is -2.06. The van der Waals surface area contributed by atoms with Crippen LogP contribution in [0.2, 0.25) is 0 Å². The van der Waals surface area contributed by atoms with E-state index in [9.17, 15) is 13.6 Å². The van der Waals surface area contributed by atoms with Crippen molar-refractivity contribution in [1.82, 2.24) is 4.98 Å². The van der Waals surface area contributed by atoms with Crippen LogP contribution in [0.25, 0.3) is 0 Å². The number of aromatic carboxylic acids is 1. The number of benzene rings is 1. The summed E-state index contributed by atoms with van der Waals surface area (Å²) in [6.07, 6.45) is 1.23. The first-order chi connectivity index (χ1) is 9.04. The summed E-state index contributed by atoms with van der Waals surface area (Å²) in [5.74, 6) is -2.40. The molecule has 0 fully saturated rings. The lowest BCUT2D eigenvalue weighted by atomic mass is 10.2. The SMILES string of the molecule is O=C(O)c1ccc(CNc2cc(F)cc(F)c2)nc1.